The predicted octanol–water partition coefficient (Wildman–Crippen LogP) is 0.509. The summed E-state index contributed by atoms with van der Waals surface area (Å²) in [5.41, 5.74) is 0.981. The Bertz CT molecular complexity index is 753. The lowest BCUT2D eigenvalue weighted by Crippen LogP contribution is -2.98. The van der Waals surface area contributed by atoms with Gasteiger partial charge in [0.25, 0.3) is 0 Å². The minimum atomic E-state index is -1.06. The van der Waals surface area contributed by atoms with E-state index in [1.54, 1.807) is 11.8 Å². The SMILES string of the molecule is COC(=O)[C@@]1(CCSC)[NH2+][C@H](c2ccccc2C)[C@@H]2C(=O)N(C)C(=O)[C@H]21. The van der Waals surface area contributed by atoms with Crippen LogP contribution in [0.15, 0.2) is 24.3 Å². The lowest BCUT2D eigenvalue weighted by Gasteiger charge is -2.28. The molecule has 140 valence electrons. The molecule has 6 nitrogen and oxygen atoms in total. The number of amides is 2. The number of aryl methyl sites for hydroxylation is 1. The van der Waals surface area contributed by atoms with Crippen LogP contribution in [0.4, 0.5) is 0 Å². The zero-order valence-corrected chi connectivity index (χ0v) is 16.3. The Morgan fingerprint density at radius 1 is 1.31 bits per heavy atom. The highest BCUT2D eigenvalue weighted by Crippen LogP contribution is 2.46. The van der Waals surface area contributed by atoms with Crippen LogP contribution in [-0.4, -0.2) is 54.4 Å². The molecule has 2 saturated heterocycles. The number of benzene rings is 1. The Morgan fingerprint density at radius 2 is 2.00 bits per heavy atom. The summed E-state index contributed by atoms with van der Waals surface area (Å²) >= 11 is 1.61. The molecular weight excluding hydrogens is 352 g/mol. The van der Waals surface area contributed by atoms with Crippen molar-refractivity contribution in [3.05, 3.63) is 35.4 Å². The number of ether oxygens (including phenoxy) is 1. The summed E-state index contributed by atoms with van der Waals surface area (Å²) in [6, 6.07) is 7.56. The quantitative estimate of drug-likeness (QED) is 0.597. The van der Waals surface area contributed by atoms with Gasteiger partial charge in [-0.1, -0.05) is 24.3 Å². The van der Waals surface area contributed by atoms with Crippen molar-refractivity contribution in [3.8, 4) is 0 Å². The van der Waals surface area contributed by atoms with Gasteiger partial charge in [-0.05, 0) is 24.5 Å². The topological polar surface area (TPSA) is 80.3 Å². The van der Waals surface area contributed by atoms with E-state index in [2.05, 4.69) is 0 Å². The van der Waals surface area contributed by atoms with Gasteiger partial charge in [0.05, 0.1) is 7.11 Å². The number of fused-ring (bicyclic) bond motifs is 1. The Labute approximate surface area is 157 Å². The highest BCUT2D eigenvalue weighted by molar-refractivity contribution is 7.98. The fourth-order valence-electron chi connectivity index (χ4n) is 4.51. The van der Waals surface area contributed by atoms with Crippen LogP contribution in [0.2, 0.25) is 0 Å². The number of methoxy groups -OCH3 is 1. The predicted molar refractivity (Wildman–Crippen MR) is 98.3 cm³/mol. The van der Waals surface area contributed by atoms with Crippen molar-refractivity contribution >= 4 is 29.5 Å². The van der Waals surface area contributed by atoms with E-state index in [1.165, 1.54) is 19.1 Å². The summed E-state index contributed by atoms with van der Waals surface area (Å²) in [6.07, 6.45) is 2.45. The van der Waals surface area contributed by atoms with Crippen LogP contribution >= 0.6 is 11.8 Å². The molecule has 2 heterocycles. The number of imide groups is 1. The Hall–Kier alpha value is -1.86. The molecule has 0 spiro atoms. The van der Waals surface area contributed by atoms with E-state index < -0.39 is 23.3 Å². The standard InChI is InChI=1S/C19H24N2O4S/c1-11-7-5-6-8-12(11)15-13-14(17(23)21(2)16(13)22)19(20-15,9-10-26-4)18(24)25-3/h5-8,13-15,20H,9-10H2,1-4H3/p+1/t13-,14+,15-,19+/m1/s1. The largest absolute Gasteiger partial charge is 0.464 e. The number of hydrogen-bond donors (Lipinski definition) is 1. The van der Waals surface area contributed by atoms with Crippen molar-refractivity contribution < 1.29 is 24.4 Å². The number of carbonyl (C=O) groups is 3. The van der Waals surface area contributed by atoms with Crippen molar-refractivity contribution in [2.24, 2.45) is 11.8 Å². The monoisotopic (exact) mass is 377 g/mol. The Balaban J connectivity index is 2.15. The molecule has 1 aromatic carbocycles. The molecule has 2 fully saturated rings. The van der Waals surface area contributed by atoms with Gasteiger partial charge in [0.15, 0.2) is 0 Å². The van der Waals surface area contributed by atoms with Crippen LogP contribution in [0.3, 0.4) is 0 Å². The first kappa shape index (κ1) is 18.9. The molecule has 2 amide bonds. The summed E-state index contributed by atoms with van der Waals surface area (Å²) < 4.78 is 5.11. The maximum atomic E-state index is 12.9. The van der Waals surface area contributed by atoms with Crippen LogP contribution in [0, 0.1) is 18.8 Å². The fourth-order valence-corrected chi connectivity index (χ4v) is 5.05. The maximum Gasteiger partial charge on any atom is 0.368 e. The smallest absolute Gasteiger partial charge is 0.368 e. The van der Waals surface area contributed by atoms with Crippen molar-refractivity contribution in [2.45, 2.75) is 24.9 Å². The van der Waals surface area contributed by atoms with E-state index in [0.717, 1.165) is 11.1 Å². The molecule has 2 aliphatic heterocycles. The Morgan fingerprint density at radius 3 is 2.62 bits per heavy atom. The molecule has 4 atom stereocenters. The van der Waals surface area contributed by atoms with Crippen LogP contribution in [-0.2, 0) is 19.1 Å². The number of esters is 1. The third-order valence-electron chi connectivity index (χ3n) is 5.82. The molecular formula is C19H25N2O4S+. The zero-order valence-electron chi connectivity index (χ0n) is 15.5. The highest BCUT2D eigenvalue weighted by Gasteiger charge is 2.71. The average molecular weight is 377 g/mol. The molecule has 0 saturated carbocycles. The van der Waals surface area contributed by atoms with E-state index >= 15 is 0 Å². The number of nitrogens with two attached hydrogens (primary N) is 1. The van der Waals surface area contributed by atoms with Crippen LogP contribution in [0.25, 0.3) is 0 Å². The van der Waals surface area contributed by atoms with Crippen LogP contribution in [0.5, 0.6) is 0 Å². The average Bonchev–Trinajstić information content (AvgIpc) is 3.10. The summed E-state index contributed by atoms with van der Waals surface area (Å²) in [5, 5.41) is 1.93. The highest BCUT2D eigenvalue weighted by atomic mass is 32.2. The van der Waals surface area contributed by atoms with E-state index in [0.29, 0.717) is 12.2 Å². The van der Waals surface area contributed by atoms with E-state index in [4.69, 9.17) is 4.74 Å². The molecule has 7 heteroatoms. The number of likely N-dealkylation sites (tertiary alicyclic amines) is 1. The van der Waals surface area contributed by atoms with Gasteiger partial charge in [0.1, 0.15) is 17.9 Å². The van der Waals surface area contributed by atoms with Crippen molar-refractivity contribution in [1.29, 1.82) is 0 Å². The summed E-state index contributed by atoms with van der Waals surface area (Å²) in [6.45, 7) is 1.99. The van der Waals surface area contributed by atoms with Gasteiger partial charge in [0, 0.05) is 19.0 Å². The molecule has 0 aliphatic carbocycles. The lowest BCUT2D eigenvalue weighted by atomic mass is 9.77. The summed E-state index contributed by atoms with van der Waals surface area (Å²) in [5.74, 6) is -1.44. The van der Waals surface area contributed by atoms with E-state index in [9.17, 15) is 14.4 Å². The molecule has 0 bridgehead atoms. The number of hydrogen-bond acceptors (Lipinski definition) is 5. The lowest BCUT2D eigenvalue weighted by molar-refractivity contribution is -0.734. The molecule has 0 unspecified atom stereocenters. The number of carbonyl (C=O) groups excluding carboxylic acids is 3. The van der Waals surface area contributed by atoms with Crippen LogP contribution < -0.4 is 5.32 Å². The second-order valence-electron chi connectivity index (χ2n) is 7.06. The zero-order chi connectivity index (χ0) is 19.1. The molecule has 0 radical (unpaired) electrons. The first-order valence-corrected chi connectivity index (χ1v) is 10.1. The van der Waals surface area contributed by atoms with E-state index in [1.807, 2.05) is 42.8 Å². The van der Waals surface area contributed by atoms with Gasteiger partial charge < -0.3 is 10.1 Å². The number of quaternary nitrogens is 1. The molecule has 0 aromatic heterocycles. The third kappa shape index (κ3) is 2.65. The Kier molecular flexibility index (Phi) is 5.12. The second kappa shape index (κ2) is 7.04. The number of rotatable bonds is 5. The van der Waals surface area contributed by atoms with Crippen molar-refractivity contribution in [2.75, 3.05) is 26.2 Å². The molecule has 3 rings (SSSR count). The van der Waals surface area contributed by atoms with Crippen LogP contribution in [0.1, 0.15) is 23.6 Å². The minimum absolute atomic E-state index is 0.209. The molecule has 2 N–H and O–H groups in total. The summed E-state index contributed by atoms with van der Waals surface area (Å²) in [4.78, 5) is 39.9. The molecule has 26 heavy (non-hydrogen) atoms. The van der Waals surface area contributed by atoms with E-state index in [-0.39, 0.29) is 17.9 Å². The minimum Gasteiger partial charge on any atom is -0.464 e. The first-order chi connectivity index (χ1) is 12.4. The second-order valence-corrected chi connectivity index (χ2v) is 8.05. The first-order valence-electron chi connectivity index (χ1n) is 8.69. The van der Waals surface area contributed by atoms with Gasteiger partial charge in [-0.2, -0.15) is 11.8 Å². The van der Waals surface area contributed by atoms with Crippen molar-refractivity contribution in [1.82, 2.24) is 4.90 Å². The maximum absolute atomic E-state index is 12.9. The van der Waals surface area contributed by atoms with Gasteiger partial charge in [-0.25, -0.2) is 4.79 Å². The number of nitrogens with zero attached hydrogens (tertiary/aromatic N) is 1. The van der Waals surface area contributed by atoms with Crippen molar-refractivity contribution in [3.63, 3.8) is 0 Å². The third-order valence-corrected chi connectivity index (χ3v) is 6.44. The summed E-state index contributed by atoms with van der Waals surface area (Å²) in [7, 11) is 2.85. The normalized spacial score (nSPS) is 30.6. The number of thioether (sulfide) groups is 1. The molecule has 2 aliphatic rings. The van der Waals surface area contributed by atoms with Gasteiger partial charge >= 0.3 is 5.97 Å². The van der Waals surface area contributed by atoms with Gasteiger partial charge in [-0.15, -0.1) is 0 Å². The fraction of sp³-hybridized carbons (Fsp3) is 0.526. The molecule has 1 aromatic rings. The van der Waals surface area contributed by atoms with Gasteiger partial charge in [-0.3, -0.25) is 14.5 Å². The van der Waals surface area contributed by atoms with Gasteiger partial charge in [0.2, 0.25) is 17.4 Å².